The van der Waals surface area contributed by atoms with Crippen LogP contribution in [0.5, 0.6) is 0 Å². The summed E-state index contributed by atoms with van der Waals surface area (Å²) in [6, 6.07) is 12.1. The summed E-state index contributed by atoms with van der Waals surface area (Å²) in [5.41, 5.74) is 7.67. The van der Waals surface area contributed by atoms with Crippen molar-refractivity contribution in [3.8, 4) is 0 Å². The SMILES string of the molecule is CC(C(=O)N1CCN(c2ncccn2)CC1)N1C[C@@H](N)[C@H](c2ccccc2)C1. The molecular formula is C21H28N6O. The number of carbonyl (C=O) groups is 1. The Labute approximate surface area is 166 Å². The van der Waals surface area contributed by atoms with E-state index in [2.05, 4.69) is 44.0 Å². The second kappa shape index (κ2) is 8.24. The molecule has 0 spiro atoms. The van der Waals surface area contributed by atoms with Gasteiger partial charge in [-0.25, -0.2) is 9.97 Å². The molecule has 0 aliphatic carbocycles. The number of piperazine rings is 1. The summed E-state index contributed by atoms with van der Waals surface area (Å²) >= 11 is 0. The summed E-state index contributed by atoms with van der Waals surface area (Å²) in [6.45, 7) is 6.51. The fourth-order valence-corrected chi connectivity index (χ4v) is 4.23. The van der Waals surface area contributed by atoms with Crippen molar-refractivity contribution < 1.29 is 4.79 Å². The maximum atomic E-state index is 13.1. The Hall–Kier alpha value is -2.51. The van der Waals surface area contributed by atoms with E-state index >= 15 is 0 Å². The summed E-state index contributed by atoms with van der Waals surface area (Å²) < 4.78 is 0. The van der Waals surface area contributed by atoms with E-state index in [0.717, 1.165) is 32.1 Å². The Bertz CT molecular complexity index is 778. The van der Waals surface area contributed by atoms with Crippen LogP contribution >= 0.6 is 0 Å². The number of nitrogens with zero attached hydrogens (tertiary/aromatic N) is 5. The molecule has 1 amide bonds. The first-order chi connectivity index (χ1) is 13.6. The number of likely N-dealkylation sites (tertiary alicyclic amines) is 1. The van der Waals surface area contributed by atoms with E-state index in [9.17, 15) is 4.79 Å². The van der Waals surface area contributed by atoms with Gasteiger partial charge in [-0.3, -0.25) is 9.69 Å². The second-order valence-corrected chi connectivity index (χ2v) is 7.67. The number of hydrogen-bond donors (Lipinski definition) is 1. The van der Waals surface area contributed by atoms with Crippen LogP contribution in [0.2, 0.25) is 0 Å². The molecule has 2 aliphatic rings. The summed E-state index contributed by atoms with van der Waals surface area (Å²) in [5.74, 6) is 1.21. The molecule has 148 valence electrons. The predicted molar refractivity (Wildman–Crippen MR) is 109 cm³/mol. The van der Waals surface area contributed by atoms with Crippen molar-refractivity contribution in [2.45, 2.75) is 24.9 Å². The van der Waals surface area contributed by atoms with Crippen LogP contribution in [-0.4, -0.2) is 77.0 Å². The molecular weight excluding hydrogens is 352 g/mol. The quantitative estimate of drug-likeness (QED) is 0.851. The number of hydrogen-bond acceptors (Lipinski definition) is 6. The number of nitrogens with two attached hydrogens (primary N) is 1. The van der Waals surface area contributed by atoms with Gasteiger partial charge >= 0.3 is 0 Å². The molecule has 1 aromatic carbocycles. The standard InChI is InChI=1S/C21H28N6O/c1-16(27-14-18(19(22)15-27)17-6-3-2-4-7-17)20(28)25-10-12-26(13-11-25)21-23-8-5-9-24-21/h2-9,16,18-19H,10-15,22H2,1H3/t16?,18-,19+/m0/s1. The van der Waals surface area contributed by atoms with Crippen molar-refractivity contribution in [3.05, 3.63) is 54.4 Å². The predicted octanol–water partition coefficient (Wildman–Crippen LogP) is 0.940. The Morgan fingerprint density at radius 1 is 1.04 bits per heavy atom. The first kappa shape index (κ1) is 18.8. The van der Waals surface area contributed by atoms with E-state index in [-0.39, 0.29) is 23.9 Å². The van der Waals surface area contributed by atoms with E-state index in [0.29, 0.717) is 13.1 Å². The Morgan fingerprint density at radius 3 is 2.39 bits per heavy atom. The number of aromatic nitrogens is 2. The van der Waals surface area contributed by atoms with Crippen molar-refractivity contribution in [1.29, 1.82) is 0 Å². The van der Waals surface area contributed by atoms with Crippen LogP contribution < -0.4 is 10.6 Å². The van der Waals surface area contributed by atoms with Gasteiger partial charge in [0, 0.05) is 63.6 Å². The molecule has 7 nitrogen and oxygen atoms in total. The van der Waals surface area contributed by atoms with Gasteiger partial charge in [0.25, 0.3) is 0 Å². The highest BCUT2D eigenvalue weighted by Gasteiger charge is 2.37. The maximum Gasteiger partial charge on any atom is 0.239 e. The molecule has 28 heavy (non-hydrogen) atoms. The van der Waals surface area contributed by atoms with Gasteiger partial charge in [0.1, 0.15) is 0 Å². The molecule has 0 radical (unpaired) electrons. The molecule has 2 N–H and O–H groups in total. The van der Waals surface area contributed by atoms with Gasteiger partial charge < -0.3 is 15.5 Å². The largest absolute Gasteiger partial charge is 0.338 e. The van der Waals surface area contributed by atoms with Gasteiger partial charge in [-0.15, -0.1) is 0 Å². The van der Waals surface area contributed by atoms with Crippen LogP contribution in [0.25, 0.3) is 0 Å². The van der Waals surface area contributed by atoms with Gasteiger partial charge in [-0.2, -0.15) is 0 Å². The minimum atomic E-state index is -0.153. The smallest absolute Gasteiger partial charge is 0.239 e. The minimum Gasteiger partial charge on any atom is -0.338 e. The van der Waals surface area contributed by atoms with Crippen LogP contribution in [-0.2, 0) is 4.79 Å². The van der Waals surface area contributed by atoms with Gasteiger partial charge in [-0.1, -0.05) is 30.3 Å². The lowest BCUT2D eigenvalue weighted by atomic mass is 9.95. The number of anilines is 1. The second-order valence-electron chi connectivity index (χ2n) is 7.67. The van der Waals surface area contributed by atoms with Crippen LogP contribution in [0.4, 0.5) is 5.95 Å². The molecule has 1 unspecified atom stereocenters. The number of rotatable bonds is 4. The van der Waals surface area contributed by atoms with E-state index < -0.39 is 0 Å². The van der Waals surface area contributed by atoms with Crippen molar-refractivity contribution in [3.63, 3.8) is 0 Å². The zero-order chi connectivity index (χ0) is 19.5. The first-order valence-corrected chi connectivity index (χ1v) is 9.99. The number of benzene rings is 1. The number of carbonyl (C=O) groups excluding carboxylic acids is 1. The molecule has 3 atom stereocenters. The van der Waals surface area contributed by atoms with Crippen LogP contribution in [0.1, 0.15) is 18.4 Å². The molecule has 3 heterocycles. The van der Waals surface area contributed by atoms with Crippen LogP contribution in [0.3, 0.4) is 0 Å². The van der Waals surface area contributed by atoms with Gasteiger partial charge in [-0.05, 0) is 18.6 Å². The monoisotopic (exact) mass is 380 g/mol. The highest BCUT2D eigenvalue weighted by atomic mass is 16.2. The number of amides is 1. The molecule has 0 bridgehead atoms. The highest BCUT2D eigenvalue weighted by molar-refractivity contribution is 5.81. The van der Waals surface area contributed by atoms with Crippen molar-refractivity contribution >= 4 is 11.9 Å². The molecule has 4 rings (SSSR count). The van der Waals surface area contributed by atoms with E-state index in [4.69, 9.17) is 5.73 Å². The van der Waals surface area contributed by atoms with Gasteiger partial charge in [0.05, 0.1) is 6.04 Å². The molecule has 2 aromatic rings. The fourth-order valence-electron chi connectivity index (χ4n) is 4.23. The first-order valence-electron chi connectivity index (χ1n) is 9.99. The molecule has 2 aliphatic heterocycles. The Morgan fingerprint density at radius 2 is 1.71 bits per heavy atom. The van der Waals surface area contributed by atoms with Crippen LogP contribution in [0.15, 0.2) is 48.8 Å². The molecule has 0 saturated carbocycles. The lowest BCUT2D eigenvalue weighted by Gasteiger charge is -2.37. The summed E-state index contributed by atoms with van der Waals surface area (Å²) in [4.78, 5) is 28.0. The third-order valence-electron chi connectivity index (χ3n) is 5.95. The lowest BCUT2D eigenvalue weighted by molar-refractivity contribution is -0.136. The van der Waals surface area contributed by atoms with Crippen molar-refractivity contribution in [2.75, 3.05) is 44.2 Å². The van der Waals surface area contributed by atoms with E-state index in [1.54, 1.807) is 12.4 Å². The molecule has 2 saturated heterocycles. The van der Waals surface area contributed by atoms with E-state index in [1.807, 2.05) is 24.0 Å². The topological polar surface area (TPSA) is 78.6 Å². The van der Waals surface area contributed by atoms with Crippen LogP contribution in [0, 0.1) is 0 Å². The summed E-state index contributed by atoms with van der Waals surface area (Å²) in [6.07, 6.45) is 3.50. The van der Waals surface area contributed by atoms with Gasteiger partial charge in [0.2, 0.25) is 11.9 Å². The summed E-state index contributed by atoms with van der Waals surface area (Å²) in [5, 5.41) is 0. The van der Waals surface area contributed by atoms with Crippen molar-refractivity contribution in [2.24, 2.45) is 5.73 Å². The zero-order valence-corrected chi connectivity index (χ0v) is 16.3. The molecule has 1 aromatic heterocycles. The van der Waals surface area contributed by atoms with Gasteiger partial charge in [0.15, 0.2) is 0 Å². The Balaban J connectivity index is 1.34. The maximum absolute atomic E-state index is 13.1. The lowest BCUT2D eigenvalue weighted by Crippen LogP contribution is -2.54. The average molecular weight is 380 g/mol. The zero-order valence-electron chi connectivity index (χ0n) is 16.3. The highest BCUT2D eigenvalue weighted by Crippen LogP contribution is 2.28. The molecule has 7 heteroatoms. The van der Waals surface area contributed by atoms with E-state index in [1.165, 1.54) is 5.56 Å². The average Bonchev–Trinajstić information content (AvgIpc) is 3.15. The third kappa shape index (κ3) is 3.86. The fraction of sp³-hybridized carbons (Fsp3) is 0.476. The summed E-state index contributed by atoms with van der Waals surface area (Å²) in [7, 11) is 0. The normalized spacial score (nSPS) is 24.4. The minimum absolute atomic E-state index is 0.0599. The van der Waals surface area contributed by atoms with Crippen molar-refractivity contribution in [1.82, 2.24) is 19.8 Å². The third-order valence-corrected chi connectivity index (χ3v) is 5.95. The molecule has 2 fully saturated rings. The Kier molecular flexibility index (Phi) is 5.54.